The summed E-state index contributed by atoms with van der Waals surface area (Å²) in [6.07, 6.45) is 4.79. The molecule has 0 aliphatic carbocycles. The minimum Gasteiger partial charge on any atom is -0.496 e. The van der Waals surface area contributed by atoms with Crippen LogP contribution < -0.4 is 9.47 Å². The van der Waals surface area contributed by atoms with Gasteiger partial charge in [0, 0.05) is 30.4 Å². The minimum atomic E-state index is -0.525. The number of benzene rings is 2. The van der Waals surface area contributed by atoms with E-state index in [4.69, 9.17) is 21.1 Å². The van der Waals surface area contributed by atoms with Crippen molar-refractivity contribution >= 4 is 29.1 Å². The van der Waals surface area contributed by atoms with Gasteiger partial charge in [0.15, 0.2) is 0 Å². The molecule has 0 atom stereocenters. The number of rotatable bonds is 9. The molecule has 0 bridgehead atoms. The number of nitro groups is 1. The number of allylic oxidation sites excluding steroid dienone is 1. The SMILES string of the molecule is CCn1nccc1C(=O)/C=C/c1ccc(OC)c(COc2ccc([N+](=O)[O-])cc2Cl)c1. The Hall–Kier alpha value is -3.65. The van der Waals surface area contributed by atoms with Crippen molar-refractivity contribution in [1.29, 1.82) is 0 Å². The van der Waals surface area contributed by atoms with Crippen LogP contribution in [0, 0.1) is 10.1 Å². The third-order valence-corrected chi connectivity index (χ3v) is 4.80. The molecule has 31 heavy (non-hydrogen) atoms. The maximum atomic E-state index is 12.4. The number of aryl methyl sites for hydroxylation is 1. The van der Waals surface area contributed by atoms with Crippen LogP contribution in [-0.4, -0.2) is 27.6 Å². The number of nitrogens with zero attached hydrogens (tertiary/aromatic N) is 3. The zero-order valence-corrected chi connectivity index (χ0v) is 17.7. The first-order valence-electron chi connectivity index (χ1n) is 9.40. The number of nitro benzene ring substituents is 1. The number of hydrogen-bond donors (Lipinski definition) is 0. The maximum absolute atomic E-state index is 12.4. The van der Waals surface area contributed by atoms with E-state index in [1.807, 2.05) is 19.1 Å². The van der Waals surface area contributed by atoms with Crippen molar-refractivity contribution in [3.8, 4) is 11.5 Å². The molecule has 0 spiro atoms. The van der Waals surface area contributed by atoms with E-state index in [1.165, 1.54) is 24.3 Å². The van der Waals surface area contributed by atoms with Crippen molar-refractivity contribution in [1.82, 2.24) is 9.78 Å². The smallest absolute Gasteiger partial charge is 0.271 e. The molecule has 9 heteroatoms. The van der Waals surface area contributed by atoms with Crippen LogP contribution in [0.2, 0.25) is 5.02 Å². The van der Waals surface area contributed by atoms with Crippen LogP contribution in [0.1, 0.15) is 28.5 Å². The average Bonchev–Trinajstić information content (AvgIpc) is 3.25. The lowest BCUT2D eigenvalue weighted by molar-refractivity contribution is -0.384. The summed E-state index contributed by atoms with van der Waals surface area (Å²) in [6, 6.07) is 11.1. The molecule has 160 valence electrons. The Morgan fingerprint density at radius 1 is 1.23 bits per heavy atom. The van der Waals surface area contributed by atoms with E-state index in [-0.39, 0.29) is 23.1 Å². The highest BCUT2D eigenvalue weighted by Gasteiger charge is 2.12. The summed E-state index contributed by atoms with van der Waals surface area (Å²) < 4.78 is 12.7. The highest BCUT2D eigenvalue weighted by atomic mass is 35.5. The van der Waals surface area contributed by atoms with E-state index in [0.717, 1.165) is 11.1 Å². The first-order chi connectivity index (χ1) is 14.9. The Bertz CT molecular complexity index is 1140. The van der Waals surface area contributed by atoms with Crippen molar-refractivity contribution in [3.63, 3.8) is 0 Å². The molecule has 0 saturated carbocycles. The molecular weight excluding hydrogens is 422 g/mol. The van der Waals surface area contributed by atoms with Gasteiger partial charge in [-0.1, -0.05) is 23.7 Å². The van der Waals surface area contributed by atoms with E-state index in [1.54, 1.807) is 36.2 Å². The molecule has 3 aromatic rings. The highest BCUT2D eigenvalue weighted by Crippen LogP contribution is 2.30. The Morgan fingerprint density at radius 3 is 2.68 bits per heavy atom. The average molecular weight is 442 g/mol. The maximum Gasteiger partial charge on any atom is 0.271 e. The van der Waals surface area contributed by atoms with Crippen molar-refractivity contribution in [2.75, 3.05) is 7.11 Å². The van der Waals surface area contributed by atoms with Gasteiger partial charge in [0.2, 0.25) is 5.78 Å². The Labute approximate surface area is 183 Å². The van der Waals surface area contributed by atoms with Gasteiger partial charge in [-0.15, -0.1) is 0 Å². The molecule has 0 aliphatic rings. The Kier molecular flexibility index (Phi) is 7.04. The molecule has 0 saturated heterocycles. The molecule has 0 amide bonds. The first-order valence-corrected chi connectivity index (χ1v) is 9.78. The second-order valence-corrected chi connectivity index (χ2v) is 6.87. The van der Waals surface area contributed by atoms with Gasteiger partial charge in [-0.2, -0.15) is 5.10 Å². The van der Waals surface area contributed by atoms with Crippen molar-refractivity contribution in [2.45, 2.75) is 20.1 Å². The van der Waals surface area contributed by atoms with E-state index in [9.17, 15) is 14.9 Å². The number of halogens is 1. The van der Waals surface area contributed by atoms with E-state index in [0.29, 0.717) is 23.7 Å². The number of hydrogen-bond acceptors (Lipinski definition) is 6. The predicted octanol–water partition coefficient (Wildman–Crippen LogP) is 4.95. The number of carbonyl (C=O) groups is 1. The second-order valence-electron chi connectivity index (χ2n) is 6.46. The second kappa shape index (κ2) is 9.90. The number of non-ortho nitro benzene ring substituents is 1. The minimum absolute atomic E-state index is 0.115. The van der Waals surface area contributed by atoms with E-state index >= 15 is 0 Å². The molecule has 0 unspecified atom stereocenters. The molecule has 0 aliphatic heterocycles. The van der Waals surface area contributed by atoms with Crippen molar-refractivity contribution < 1.29 is 19.2 Å². The normalized spacial score (nSPS) is 10.9. The third-order valence-electron chi connectivity index (χ3n) is 4.51. The topological polar surface area (TPSA) is 96.5 Å². The van der Waals surface area contributed by atoms with Gasteiger partial charge in [-0.25, -0.2) is 0 Å². The lowest BCUT2D eigenvalue weighted by Crippen LogP contribution is -2.07. The van der Waals surface area contributed by atoms with Crippen molar-refractivity contribution in [3.05, 3.63) is 86.7 Å². The van der Waals surface area contributed by atoms with Gasteiger partial charge in [0.1, 0.15) is 23.8 Å². The van der Waals surface area contributed by atoms with Gasteiger partial charge in [-0.05, 0) is 42.8 Å². The molecule has 0 fully saturated rings. The molecule has 0 radical (unpaired) electrons. The van der Waals surface area contributed by atoms with Gasteiger partial charge in [0.05, 0.1) is 17.1 Å². The monoisotopic (exact) mass is 441 g/mol. The summed E-state index contributed by atoms with van der Waals surface area (Å²) in [5, 5.41) is 15.1. The summed E-state index contributed by atoms with van der Waals surface area (Å²) in [5.41, 5.74) is 1.91. The molecule has 8 nitrogen and oxygen atoms in total. The lowest BCUT2D eigenvalue weighted by Gasteiger charge is -2.12. The van der Waals surface area contributed by atoms with Crippen LogP contribution in [0.5, 0.6) is 11.5 Å². The van der Waals surface area contributed by atoms with Crippen LogP contribution in [0.25, 0.3) is 6.08 Å². The van der Waals surface area contributed by atoms with E-state index in [2.05, 4.69) is 5.10 Å². The lowest BCUT2D eigenvalue weighted by atomic mass is 10.1. The predicted molar refractivity (Wildman–Crippen MR) is 117 cm³/mol. The zero-order valence-electron chi connectivity index (χ0n) is 16.9. The Morgan fingerprint density at radius 2 is 2.00 bits per heavy atom. The number of ketones is 1. The molecule has 0 N–H and O–H groups in total. The number of aromatic nitrogens is 2. The number of ether oxygens (including phenoxy) is 2. The van der Waals surface area contributed by atoms with Gasteiger partial charge >= 0.3 is 0 Å². The number of carbonyl (C=O) groups excluding carboxylic acids is 1. The molecular formula is C22H20ClN3O5. The van der Waals surface area contributed by atoms with Gasteiger partial charge < -0.3 is 9.47 Å². The van der Waals surface area contributed by atoms with Crippen LogP contribution in [0.4, 0.5) is 5.69 Å². The van der Waals surface area contributed by atoms with Crippen LogP contribution >= 0.6 is 11.6 Å². The first kappa shape index (κ1) is 22.0. The number of methoxy groups -OCH3 is 1. The highest BCUT2D eigenvalue weighted by molar-refractivity contribution is 6.32. The molecule has 1 aromatic heterocycles. The van der Waals surface area contributed by atoms with Gasteiger partial charge in [0.25, 0.3) is 5.69 Å². The summed E-state index contributed by atoms with van der Waals surface area (Å²) in [7, 11) is 1.54. The summed E-state index contributed by atoms with van der Waals surface area (Å²) in [6.45, 7) is 2.65. The molecule has 3 rings (SSSR count). The van der Waals surface area contributed by atoms with E-state index < -0.39 is 4.92 Å². The van der Waals surface area contributed by atoms with Gasteiger partial charge in [-0.3, -0.25) is 19.6 Å². The zero-order chi connectivity index (χ0) is 22.4. The fraction of sp³-hybridized carbons (Fsp3) is 0.182. The van der Waals surface area contributed by atoms with Crippen LogP contribution in [0.15, 0.2) is 54.7 Å². The summed E-state index contributed by atoms with van der Waals surface area (Å²) in [4.78, 5) is 22.7. The fourth-order valence-electron chi connectivity index (χ4n) is 2.94. The molecule has 1 heterocycles. The van der Waals surface area contributed by atoms with Crippen LogP contribution in [-0.2, 0) is 13.2 Å². The quantitative estimate of drug-likeness (QED) is 0.202. The fourth-order valence-corrected chi connectivity index (χ4v) is 3.17. The standard InChI is InChI=1S/C22H20ClN3O5/c1-3-25-19(10-11-24-25)20(27)7-4-15-5-8-21(30-2)16(12-15)14-31-22-9-6-17(26(28)29)13-18(22)23/h4-13H,3,14H2,1-2H3/b7-4+. The van der Waals surface area contributed by atoms with Crippen molar-refractivity contribution in [2.24, 2.45) is 0 Å². The van der Waals surface area contributed by atoms with Crippen LogP contribution in [0.3, 0.4) is 0 Å². The summed E-state index contributed by atoms with van der Waals surface area (Å²) in [5.74, 6) is 0.773. The third kappa shape index (κ3) is 5.29. The summed E-state index contributed by atoms with van der Waals surface area (Å²) >= 11 is 6.09. The Balaban J connectivity index is 1.76. The molecule has 2 aromatic carbocycles. The largest absolute Gasteiger partial charge is 0.496 e.